The summed E-state index contributed by atoms with van der Waals surface area (Å²) >= 11 is 3.42. The van der Waals surface area contributed by atoms with E-state index in [1.165, 1.54) is 17.9 Å². The largest absolute Gasteiger partial charge is 0.345 e. The Morgan fingerprint density at radius 2 is 1.94 bits per heavy atom. The molecule has 0 radical (unpaired) electrons. The van der Waals surface area contributed by atoms with Gasteiger partial charge >= 0.3 is 0 Å². The minimum atomic E-state index is -1.29. The van der Waals surface area contributed by atoms with E-state index in [1.807, 2.05) is 6.92 Å². The van der Waals surface area contributed by atoms with Gasteiger partial charge in [0.2, 0.25) is 18.0 Å². The Balaban J connectivity index is 2.02. The first-order valence-corrected chi connectivity index (χ1v) is 11.0. The zero-order chi connectivity index (χ0) is 23.4. The van der Waals surface area contributed by atoms with E-state index in [4.69, 9.17) is 0 Å². The van der Waals surface area contributed by atoms with Crippen LogP contribution in [0.15, 0.2) is 51.9 Å². The van der Waals surface area contributed by atoms with Gasteiger partial charge in [0, 0.05) is 29.1 Å². The summed E-state index contributed by atoms with van der Waals surface area (Å²) in [5.41, 5.74) is 1.52. The summed E-state index contributed by atoms with van der Waals surface area (Å²) in [6, 6.07) is 10.5. The first-order chi connectivity index (χ1) is 15.2. The summed E-state index contributed by atoms with van der Waals surface area (Å²) in [6.45, 7) is 3.39. The molecule has 1 unspecified atom stereocenters. The van der Waals surface area contributed by atoms with Gasteiger partial charge in [-0.3, -0.25) is 14.4 Å². The van der Waals surface area contributed by atoms with E-state index in [9.17, 15) is 18.8 Å². The third-order valence-electron chi connectivity index (χ3n) is 5.05. The number of amides is 3. The molecule has 0 aromatic heterocycles. The van der Waals surface area contributed by atoms with Gasteiger partial charge in [-0.15, -0.1) is 0 Å². The molecule has 3 rings (SSSR count). The van der Waals surface area contributed by atoms with Crippen LogP contribution >= 0.6 is 15.9 Å². The quantitative estimate of drug-likeness (QED) is 0.635. The number of likely N-dealkylation sites (N-methyl/N-ethyl adjacent to an activating group) is 1. The lowest BCUT2D eigenvalue weighted by Gasteiger charge is -2.22. The van der Waals surface area contributed by atoms with Crippen molar-refractivity contribution < 1.29 is 18.8 Å². The molecular weight excluding hydrogens is 479 g/mol. The van der Waals surface area contributed by atoms with Crippen molar-refractivity contribution in [1.29, 1.82) is 0 Å². The van der Waals surface area contributed by atoms with Gasteiger partial charge in [0.1, 0.15) is 11.9 Å². The Morgan fingerprint density at radius 1 is 1.22 bits per heavy atom. The van der Waals surface area contributed by atoms with E-state index in [2.05, 4.69) is 31.6 Å². The molecule has 0 spiro atoms. The molecule has 168 valence electrons. The smallest absolute Gasteiger partial charge is 0.272 e. The second-order valence-corrected chi connectivity index (χ2v) is 8.38. The van der Waals surface area contributed by atoms with Crippen LogP contribution in [0.1, 0.15) is 37.8 Å². The van der Waals surface area contributed by atoms with Gasteiger partial charge in [-0.05, 0) is 43.7 Å². The highest BCUT2D eigenvalue weighted by Gasteiger charge is 2.33. The van der Waals surface area contributed by atoms with Gasteiger partial charge in [0.15, 0.2) is 0 Å². The predicted molar refractivity (Wildman–Crippen MR) is 124 cm³/mol. The molecule has 0 saturated heterocycles. The molecule has 0 aliphatic carbocycles. The van der Waals surface area contributed by atoms with Crippen molar-refractivity contribution in [3.8, 4) is 0 Å². The Hall–Kier alpha value is -3.07. The van der Waals surface area contributed by atoms with Crippen LogP contribution in [0.2, 0.25) is 0 Å². The summed E-state index contributed by atoms with van der Waals surface area (Å²) in [5.74, 6) is -1.81. The van der Waals surface area contributed by atoms with Crippen LogP contribution in [0.25, 0.3) is 0 Å². The molecule has 32 heavy (non-hydrogen) atoms. The molecule has 1 aliphatic heterocycles. The summed E-state index contributed by atoms with van der Waals surface area (Å²) in [6.07, 6.45) is -0.350. The maximum absolute atomic E-state index is 14.7. The van der Waals surface area contributed by atoms with Crippen LogP contribution < -0.4 is 15.5 Å². The fourth-order valence-electron chi connectivity index (χ4n) is 3.37. The number of hydrogen-bond acceptors (Lipinski definition) is 4. The normalized spacial score (nSPS) is 16.5. The zero-order valence-electron chi connectivity index (χ0n) is 18.0. The van der Waals surface area contributed by atoms with Gasteiger partial charge in [-0.25, -0.2) is 9.38 Å². The maximum atomic E-state index is 14.7. The summed E-state index contributed by atoms with van der Waals surface area (Å²) < 4.78 is 15.4. The number of nitrogens with zero attached hydrogens (tertiary/aromatic N) is 2. The van der Waals surface area contributed by atoms with E-state index in [-0.39, 0.29) is 17.2 Å². The van der Waals surface area contributed by atoms with E-state index < -0.39 is 29.8 Å². The average molecular weight is 503 g/mol. The Labute approximate surface area is 194 Å². The molecule has 0 bridgehead atoms. The highest BCUT2D eigenvalue weighted by atomic mass is 79.9. The van der Waals surface area contributed by atoms with E-state index >= 15 is 0 Å². The van der Waals surface area contributed by atoms with Gasteiger partial charge in [0.25, 0.3) is 5.91 Å². The monoisotopic (exact) mass is 502 g/mol. The van der Waals surface area contributed by atoms with Crippen LogP contribution in [0.3, 0.4) is 0 Å². The number of carbonyl (C=O) groups is 3. The lowest BCUT2D eigenvalue weighted by Crippen LogP contribution is -2.52. The lowest BCUT2D eigenvalue weighted by molar-refractivity contribution is -0.130. The van der Waals surface area contributed by atoms with Crippen molar-refractivity contribution >= 4 is 45.1 Å². The lowest BCUT2D eigenvalue weighted by atomic mass is 10.00. The highest BCUT2D eigenvalue weighted by Crippen LogP contribution is 2.30. The van der Waals surface area contributed by atoms with Crippen LogP contribution in [0.5, 0.6) is 0 Å². The predicted octanol–water partition coefficient (Wildman–Crippen LogP) is 3.15. The van der Waals surface area contributed by atoms with Crippen molar-refractivity contribution in [2.24, 2.45) is 4.99 Å². The fraction of sp³-hybridized carbons (Fsp3) is 0.304. The Morgan fingerprint density at radius 3 is 2.62 bits per heavy atom. The number of hydrogen-bond donors (Lipinski definition) is 2. The molecule has 2 aromatic rings. The Bertz CT molecular complexity index is 1090. The zero-order valence-corrected chi connectivity index (χ0v) is 19.6. The molecular formula is C23H24BrFN4O3. The third kappa shape index (κ3) is 5.04. The van der Waals surface area contributed by atoms with E-state index in [1.54, 1.807) is 43.4 Å². The number of benzodiazepines with no additional fused rings is 1. The van der Waals surface area contributed by atoms with Crippen molar-refractivity contribution in [2.75, 3.05) is 11.9 Å². The number of halogens is 2. The first-order valence-electron chi connectivity index (χ1n) is 10.2. The second-order valence-electron chi connectivity index (χ2n) is 7.47. The number of anilines is 1. The second kappa shape index (κ2) is 10.0. The molecule has 2 aromatic carbocycles. The number of rotatable bonds is 6. The summed E-state index contributed by atoms with van der Waals surface area (Å²) in [5, 5.41) is 5.19. The molecule has 3 amide bonds. The number of benzene rings is 2. The van der Waals surface area contributed by atoms with Gasteiger partial charge < -0.3 is 15.5 Å². The highest BCUT2D eigenvalue weighted by molar-refractivity contribution is 9.10. The van der Waals surface area contributed by atoms with E-state index in [0.29, 0.717) is 24.1 Å². The molecule has 9 heteroatoms. The maximum Gasteiger partial charge on any atom is 0.272 e. The Kier molecular flexibility index (Phi) is 7.40. The molecule has 1 heterocycles. The molecule has 1 aliphatic rings. The van der Waals surface area contributed by atoms with Crippen LogP contribution in [-0.4, -0.2) is 42.7 Å². The molecule has 2 N–H and O–H groups in total. The van der Waals surface area contributed by atoms with Gasteiger partial charge in [-0.2, -0.15) is 0 Å². The van der Waals surface area contributed by atoms with Crippen molar-refractivity contribution in [3.63, 3.8) is 0 Å². The van der Waals surface area contributed by atoms with Crippen LogP contribution in [0.4, 0.5) is 10.1 Å². The van der Waals surface area contributed by atoms with Gasteiger partial charge in [-0.1, -0.05) is 35.0 Å². The summed E-state index contributed by atoms with van der Waals surface area (Å²) in [7, 11) is 1.57. The van der Waals surface area contributed by atoms with Crippen LogP contribution in [0, 0.1) is 5.82 Å². The SMILES string of the molecule is CCCC(=O)N[C@@H](C)C(=O)NC1N=C(c2ccccc2F)c2cc(Br)ccc2N(C)C1=O. The van der Waals surface area contributed by atoms with Gasteiger partial charge in [0.05, 0.1) is 11.4 Å². The first kappa shape index (κ1) is 23.6. The number of fused-ring (bicyclic) bond motifs is 1. The fourth-order valence-corrected chi connectivity index (χ4v) is 3.74. The minimum absolute atomic E-state index is 0.207. The topological polar surface area (TPSA) is 90.9 Å². The van der Waals surface area contributed by atoms with Crippen molar-refractivity contribution in [3.05, 3.63) is 63.9 Å². The summed E-state index contributed by atoms with van der Waals surface area (Å²) in [4.78, 5) is 43.5. The molecule has 7 nitrogen and oxygen atoms in total. The van der Waals surface area contributed by atoms with Crippen molar-refractivity contribution in [1.82, 2.24) is 10.6 Å². The number of carbonyl (C=O) groups excluding carboxylic acids is 3. The molecule has 2 atom stereocenters. The molecule has 0 fully saturated rings. The average Bonchev–Trinajstić information content (AvgIpc) is 2.84. The number of nitrogens with one attached hydrogen (secondary N) is 2. The minimum Gasteiger partial charge on any atom is -0.345 e. The van der Waals surface area contributed by atoms with Crippen molar-refractivity contribution in [2.45, 2.75) is 38.9 Å². The standard InChI is InChI=1S/C23H24BrFN4O3/c1-4-7-19(30)26-13(2)22(31)28-21-23(32)29(3)18-11-10-14(24)12-16(18)20(27-21)15-8-5-6-9-17(15)25/h5-6,8-13,21H,4,7H2,1-3H3,(H,26,30)(H,28,31)/t13-,21?/m0/s1. The molecule has 0 saturated carbocycles. The number of aliphatic imine (C=N–C) groups is 1. The van der Waals surface area contributed by atoms with E-state index in [0.717, 1.165) is 4.47 Å². The van der Waals surface area contributed by atoms with Crippen LogP contribution in [-0.2, 0) is 14.4 Å². The third-order valence-corrected chi connectivity index (χ3v) is 5.55.